The van der Waals surface area contributed by atoms with Crippen LogP contribution in [0, 0.1) is 31.1 Å². The molecule has 1 saturated heterocycles. The monoisotopic (exact) mass is 347 g/mol. The number of piperidine rings is 1. The summed E-state index contributed by atoms with van der Waals surface area (Å²) in [6.45, 7) is 4.73. The zero-order valence-electron chi connectivity index (χ0n) is 13.8. The lowest BCUT2D eigenvalue weighted by Gasteiger charge is -2.29. The molecule has 0 bridgehead atoms. The minimum Gasteiger partial charge on any atom is -0.376 e. The molecule has 1 aliphatic heterocycles. The molecular weight excluding hydrogens is 326 g/mol. The average molecular weight is 347 g/mol. The van der Waals surface area contributed by atoms with Gasteiger partial charge in [0.1, 0.15) is 6.07 Å². The van der Waals surface area contributed by atoms with Crippen LogP contribution in [0.4, 0.5) is 0 Å². The first-order valence-corrected chi connectivity index (χ1v) is 9.21. The Labute approximate surface area is 142 Å². The maximum absolute atomic E-state index is 12.7. The summed E-state index contributed by atoms with van der Waals surface area (Å²) >= 11 is 0. The normalized spacial score (nSPS) is 16.7. The SMILES string of the molecule is Cc1ccc(S(=O)(=O)C(C#N)=CN2CCC(C(N)=O)CC2)cc1C. The number of allylic oxidation sites excluding steroid dienone is 1. The first-order valence-electron chi connectivity index (χ1n) is 7.73. The Kier molecular flexibility index (Phi) is 5.30. The molecule has 24 heavy (non-hydrogen) atoms. The Morgan fingerprint density at radius 1 is 1.29 bits per heavy atom. The Bertz CT molecular complexity index is 814. The van der Waals surface area contributed by atoms with Crippen molar-refractivity contribution in [3.8, 4) is 6.07 Å². The molecule has 1 amide bonds. The first kappa shape index (κ1) is 18.0. The molecule has 1 aromatic carbocycles. The quantitative estimate of drug-likeness (QED) is 0.834. The molecule has 0 aliphatic carbocycles. The molecule has 1 fully saturated rings. The molecule has 0 radical (unpaired) electrons. The van der Waals surface area contributed by atoms with Crippen molar-refractivity contribution >= 4 is 15.7 Å². The summed E-state index contributed by atoms with van der Waals surface area (Å²) in [7, 11) is -3.85. The molecule has 7 heteroatoms. The third kappa shape index (κ3) is 3.77. The van der Waals surface area contributed by atoms with Gasteiger partial charge in [-0.25, -0.2) is 8.42 Å². The van der Waals surface area contributed by atoms with Crippen LogP contribution in [0.15, 0.2) is 34.2 Å². The van der Waals surface area contributed by atoms with Gasteiger partial charge >= 0.3 is 0 Å². The topological polar surface area (TPSA) is 104 Å². The molecule has 2 N–H and O–H groups in total. The Hall–Kier alpha value is -2.33. The second kappa shape index (κ2) is 7.05. The number of aryl methyl sites for hydroxylation is 2. The summed E-state index contributed by atoms with van der Waals surface area (Å²) in [5.74, 6) is -0.515. The number of sulfone groups is 1. The minimum absolute atomic E-state index is 0.116. The van der Waals surface area contributed by atoms with Crippen LogP contribution in [-0.2, 0) is 14.6 Å². The maximum atomic E-state index is 12.7. The van der Waals surface area contributed by atoms with Crippen LogP contribution in [-0.4, -0.2) is 32.3 Å². The van der Waals surface area contributed by atoms with Gasteiger partial charge in [0.25, 0.3) is 0 Å². The number of hydrogen-bond donors (Lipinski definition) is 1. The molecule has 6 nitrogen and oxygen atoms in total. The molecule has 0 saturated carbocycles. The van der Waals surface area contributed by atoms with Crippen molar-refractivity contribution in [2.75, 3.05) is 13.1 Å². The van der Waals surface area contributed by atoms with Gasteiger partial charge in [0.15, 0.2) is 4.91 Å². The zero-order chi connectivity index (χ0) is 17.9. The van der Waals surface area contributed by atoms with Gasteiger partial charge in [-0.05, 0) is 49.9 Å². The summed E-state index contributed by atoms with van der Waals surface area (Å²) in [6, 6.07) is 6.62. The van der Waals surface area contributed by atoms with Crippen molar-refractivity contribution < 1.29 is 13.2 Å². The summed E-state index contributed by atoms with van der Waals surface area (Å²) in [5.41, 5.74) is 7.14. The molecule has 1 heterocycles. The van der Waals surface area contributed by atoms with E-state index in [4.69, 9.17) is 5.73 Å². The van der Waals surface area contributed by atoms with E-state index in [2.05, 4.69) is 0 Å². The van der Waals surface area contributed by atoms with Gasteiger partial charge in [-0.3, -0.25) is 4.79 Å². The van der Waals surface area contributed by atoms with Crippen molar-refractivity contribution in [2.45, 2.75) is 31.6 Å². The van der Waals surface area contributed by atoms with Crippen molar-refractivity contribution in [3.05, 3.63) is 40.4 Å². The van der Waals surface area contributed by atoms with Crippen molar-refractivity contribution in [2.24, 2.45) is 11.7 Å². The number of primary amides is 1. The number of carbonyl (C=O) groups excluding carboxylic acids is 1. The molecular formula is C17H21N3O3S. The van der Waals surface area contributed by atoms with E-state index in [0.29, 0.717) is 25.9 Å². The fourth-order valence-corrected chi connectivity index (χ4v) is 3.89. The lowest BCUT2D eigenvalue weighted by atomic mass is 9.97. The van der Waals surface area contributed by atoms with Crippen LogP contribution in [0.5, 0.6) is 0 Å². The second-order valence-corrected chi connectivity index (χ2v) is 7.99. The van der Waals surface area contributed by atoms with E-state index in [1.807, 2.05) is 13.8 Å². The molecule has 1 aliphatic rings. The Morgan fingerprint density at radius 2 is 1.92 bits per heavy atom. The van der Waals surface area contributed by atoms with Gasteiger partial charge in [-0.15, -0.1) is 0 Å². The highest BCUT2D eigenvalue weighted by atomic mass is 32.2. The number of nitrogens with zero attached hydrogens (tertiary/aromatic N) is 2. The summed E-state index contributed by atoms with van der Waals surface area (Å²) < 4.78 is 25.4. The highest BCUT2D eigenvalue weighted by Gasteiger charge is 2.25. The van der Waals surface area contributed by atoms with Gasteiger partial charge in [-0.2, -0.15) is 5.26 Å². The van der Waals surface area contributed by atoms with E-state index in [0.717, 1.165) is 11.1 Å². The van der Waals surface area contributed by atoms with Crippen LogP contribution in [0.2, 0.25) is 0 Å². The number of rotatable bonds is 4. The van der Waals surface area contributed by atoms with Crippen LogP contribution in [0.1, 0.15) is 24.0 Å². The summed E-state index contributed by atoms with van der Waals surface area (Å²) in [4.78, 5) is 12.8. The van der Waals surface area contributed by atoms with E-state index in [1.54, 1.807) is 23.1 Å². The number of nitriles is 1. The van der Waals surface area contributed by atoms with Crippen LogP contribution in [0.3, 0.4) is 0 Å². The molecule has 2 rings (SSSR count). The fourth-order valence-electron chi connectivity index (χ4n) is 2.65. The van der Waals surface area contributed by atoms with E-state index >= 15 is 0 Å². The van der Waals surface area contributed by atoms with Crippen molar-refractivity contribution in [1.82, 2.24) is 4.90 Å². The molecule has 0 atom stereocenters. The van der Waals surface area contributed by atoms with Crippen LogP contribution < -0.4 is 5.73 Å². The van der Waals surface area contributed by atoms with E-state index < -0.39 is 9.84 Å². The van der Waals surface area contributed by atoms with E-state index in [1.165, 1.54) is 12.3 Å². The fraction of sp³-hybridized carbons (Fsp3) is 0.412. The predicted molar refractivity (Wildman–Crippen MR) is 90.3 cm³/mol. The Balaban J connectivity index is 2.25. The van der Waals surface area contributed by atoms with Gasteiger partial charge in [-0.1, -0.05) is 6.07 Å². The van der Waals surface area contributed by atoms with Crippen LogP contribution in [0.25, 0.3) is 0 Å². The van der Waals surface area contributed by atoms with E-state index in [9.17, 15) is 18.5 Å². The first-order chi connectivity index (χ1) is 11.3. The summed E-state index contributed by atoms with van der Waals surface area (Å²) in [5, 5.41) is 9.32. The molecule has 128 valence electrons. The molecule has 0 unspecified atom stereocenters. The van der Waals surface area contributed by atoms with Gasteiger partial charge in [0.2, 0.25) is 15.7 Å². The number of amides is 1. The van der Waals surface area contributed by atoms with Crippen molar-refractivity contribution in [3.63, 3.8) is 0 Å². The number of benzene rings is 1. The number of carbonyl (C=O) groups is 1. The molecule has 0 aromatic heterocycles. The minimum atomic E-state index is -3.85. The smallest absolute Gasteiger partial charge is 0.220 e. The highest BCUT2D eigenvalue weighted by molar-refractivity contribution is 7.95. The van der Waals surface area contributed by atoms with Gasteiger partial charge in [0.05, 0.1) is 4.90 Å². The third-order valence-electron chi connectivity index (χ3n) is 4.42. The van der Waals surface area contributed by atoms with Crippen molar-refractivity contribution in [1.29, 1.82) is 5.26 Å². The third-order valence-corrected chi connectivity index (χ3v) is 6.07. The standard InChI is InChI=1S/C17H21N3O3S/c1-12-3-4-15(9-13(12)2)24(22,23)16(10-18)11-20-7-5-14(6-8-20)17(19)21/h3-4,9,11,14H,5-8H2,1-2H3,(H2,19,21). The lowest BCUT2D eigenvalue weighted by Crippen LogP contribution is -2.36. The molecule has 1 aromatic rings. The van der Waals surface area contributed by atoms with Gasteiger partial charge in [0, 0.05) is 25.2 Å². The highest BCUT2D eigenvalue weighted by Crippen LogP contribution is 2.24. The van der Waals surface area contributed by atoms with Crippen LogP contribution >= 0.6 is 0 Å². The molecule has 0 spiro atoms. The number of hydrogen-bond acceptors (Lipinski definition) is 5. The average Bonchev–Trinajstić information content (AvgIpc) is 2.55. The lowest BCUT2D eigenvalue weighted by molar-refractivity contribution is -0.122. The largest absolute Gasteiger partial charge is 0.376 e. The Morgan fingerprint density at radius 3 is 2.42 bits per heavy atom. The number of likely N-dealkylation sites (tertiary alicyclic amines) is 1. The summed E-state index contributed by atoms with van der Waals surface area (Å²) in [6.07, 6.45) is 2.50. The van der Waals surface area contributed by atoms with E-state index in [-0.39, 0.29) is 21.6 Å². The predicted octanol–water partition coefficient (Wildman–Crippen LogP) is 1.64. The van der Waals surface area contributed by atoms with Gasteiger partial charge < -0.3 is 10.6 Å². The zero-order valence-corrected chi connectivity index (χ0v) is 14.6. The second-order valence-electron chi connectivity index (χ2n) is 6.07. The number of nitrogens with two attached hydrogens (primary N) is 1. The maximum Gasteiger partial charge on any atom is 0.220 e.